The molecular formula is C26H21F2NO2. The molecule has 0 spiro atoms. The van der Waals surface area contributed by atoms with Gasteiger partial charge in [-0.25, -0.2) is 13.6 Å². The number of benzene rings is 4. The number of hydrogen-bond donors (Lipinski definition) is 1. The van der Waals surface area contributed by atoms with Crippen molar-refractivity contribution in [3.63, 3.8) is 0 Å². The highest BCUT2D eigenvalue weighted by atomic mass is 19.1. The molecule has 1 atom stereocenters. The lowest BCUT2D eigenvalue weighted by Gasteiger charge is -2.20. The van der Waals surface area contributed by atoms with Crippen LogP contribution in [0.15, 0.2) is 91.0 Å². The summed E-state index contributed by atoms with van der Waals surface area (Å²) in [5.41, 5.74) is 2.31. The second kappa shape index (κ2) is 9.39. The molecule has 5 heteroatoms. The number of anilines is 1. The van der Waals surface area contributed by atoms with Crippen molar-refractivity contribution in [1.82, 2.24) is 0 Å². The van der Waals surface area contributed by atoms with Crippen molar-refractivity contribution in [3.05, 3.63) is 114 Å². The number of esters is 1. The Morgan fingerprint density at radius 3 is 2.19 bits per heavy atom. The van der Waals surface area contributed by atoms with E-state index < -0.39 is 12.0 Å². The lowest BCUT2D eigenvalue weighted by molar-refractivity contribution is -0.145. The summed E-state index contributed by atoms with van der Waals surface area (Å²) < 4.78 is 32.8. The fourth-order valence-electron chi connectivity index (χ4n) is 3.45. The normalized spacial score (nSPS) is 11.8. The smallest absolute Gasteiger partial charge is 0.329 e. The zero-order chi connectivity index (χ0) is 21.6. The molecule has 1 N–H and O–H groups in total. The van der Waals surface area contributed by atoms with Gasteiger partial charge in [-0.15, -0.1) is 0 Å². The molecule has 0 aliphatic carbocycles. The SMILES string of the molecule is O=C(OCc1ccc(F)cc1)[C@H](Cc1ccccc1)Nc1ccc(F)c2ccccc12. The van der Waals surface area contributed by atoms with Crippen LogP contribution in [0.1, 0.15) is 11.1 Å². The Bertz CT molecular complexity index is 1180. The average molecular weight is 417 g/mol. The summed E-state index contributed by atoms with van der Waals surface area (Å²) in [4.78, 5) is 13.0. The molecule has 0 aliphatic heterocycles. The van der Waals surface area contributed by atoms with Crippen molar-refractivity contribution >= 4 is 22.4 Å². The number of rotatable bonds is 7. The van der Waals surface area contributed by atoms with Gasteiger partial charge in [0.15, 0.2) is 0 Å². The molecule has 0 aliphatic rings. The van der Waals surface area contributed by atoms with Gasteiger partial charge in [-0.05, 0) is 35.4 Å². The zero-order valence-corrected chi connectivity index (χ0v) is 16.7. The summed E-state index contributed by atoms with van der Waals surface area (Å²) in [5.74, 6) is -1.11. The molecule has 4 aromatic rings. The Hall–Kier alpha value is -3.73. The molecule has 0 bridgehead atoms. The van der Waals surface area contributed by atoms with Gasteiger partial charge >= 0.3 is 5.97 Å². The third kappa shape index (κ3) is 5.07. The van der Waals surface area contributed by atoms with Crippen LogP contribution in [0, 0.1) is 11.6 Å². The van der Waals surface area contributed by atoms with E-state index in [1.807, 2.05) is 42.5 Å². The third-order valence-corrected chi connectivity index (χ3v) is 5.06. The molecule has 0 radical (unpaired) electrons. The van der Waals surface area contributed by atoms with Crippen molar-refractivity contribution in [2.45, 2.75) is 19.1 Å². The van der Waals surface area contributed by atoms with E-state index in [-0.39, 0.29) is 18.2 Å². The topological polar surface area (TPSA) is 38.3 Å². The van der Waals surface area contributed by atoms with Crippen LogP contribution in [0.3, 0.4) is 0 Å². The Labute approximate surface area is 179 Å². The summed E-state index contributed by atoms with van der Waals surface area (Å²) in [6.45, 7) is 0.0379. The van der Waals surface area contributed by atoms with Crippen LogP contribution in [0.5, 0.6) is 0 Å². The highest BCUT2D eigenvalue weighted by Crippen LogP contribution is 2.27. The second-order valence-electron chi connectivity index (χ2n) is 7.26. The standard InChI is InChI=1S/C26H21F2NO2/c27-20-12-10-19(11-13-20)17-31-26(30)25(16-18-6-2-1-3-7-18)29-24-15-14-23(28)21-8-4-5-9-22(21)24/h1-15,25,29H,16-17H2/t25-/m0/s1. The maximum absolute atomic E-state index is 14.2. The largest absolute Gasteiger partial charge is 0.459 e. The number of halogens is 2. The van der Waals surface area contributed by atoms with Crippen molar-refractivity contribution in [2.75, 3.05) is 5.32 Å². The fourth-order valence-corrected chi connectivity index (χ4v) is 3.45. The lowest BCUT2D eigenvalue weighted by Crippen LogP contribution is -2.33. The van der Waals surface area contributed by atoms with Crippen LogP contribution in [-0.2, 0) is 22.6 Å². The Kier molecular flexibility index (Phi) is 6.22. The predicted octanol–water partition coefficient (Wildman–Crippen LogP) is 5.88. The van der Waals surface area contributed by atoms with Gasteiger partial charge < -0.3 is 10.1 Å². The quantitative estimate of drug-likeness (QED) is 0.381. The van der Waals surface area contributed by atoms with Crippen LogP contribution >= 0.6 is 0 Å². The minimum Gasteiger partial charge on any atom is -0.459 e. The van der Waals surface area contributed by atoms with Gasteiger partial charge in [-0.1, -0.05) is 66.7 Å². The van der Waals surface area contributed by atoms with Gasteiger partial charge in [0.1, 0.15) is 24.3 Å². The molecular weight excluding hydrogens is 396 g/mol. The van der Waals surface area contributed by atoms with E-state index in [9.17, 15) is 13.6 Å². The number of nitrogens with one attached hydrogen (secondary N) is 1. The fraction of sp³-hybridized carbons (Fsp3) is 0.115. The van der Waals surface area contributed by atoms with Crippen LogP contribution in [0.25, 0.3) is 10.8 Å². The summed E-state index contributed by atoms with van der Waals surface area (Å²) in [7, 11) is 0. The van der Waals surface area contributed by atoms with Crippen molar-refractivity contribution in [2.24, 2.45) is 0 Å². The number of carbonyl (C=O) groups excluding carboxylic acids is 1. The van der Waals surface area contributed by atoms with Gasteiger partial charge in [0.25, 0.3) is 0 Å². The van der Waals surface area contributed by atoms with E-state index in [0.717, 1.165) is 5.56 Å². The maximum atomic E-state index is 14.2. The molecule has 4 rings (SSSR count). The summed E-state index contributed by atoms with van der Waals surface area (Å²) in [5, 5.41) is 4.41. The first-order valence-electron chi connectivity index (χ1n) is 9.99. The van der Waals surface area contributed by atoms with Gasteiger partial charge in [-0.2, -0.15) is 0 Å². The maximum Gasteiger partial charge on any atom is 0.329 e. The van der Waals surface area contributed by atoms with Gasteiger partial charge in [0.05, 0.1) is 0 Å². The molecule has 0 fully saturated rings. The van der Waals surface area contributed by atoms with Crippen molar-refractivity contribution < 1.29 is 18.3 Å². The molecule has 156 valence electrons. The second-order valence-corrected chi connectivity index (χ2v) is 7.26. The highest BCUT2D eigenvalue weighted by molar-refractivity contribution is 5.95. The van der Waals surface area contributed by atoms with E-state index in [1.54, 1.807) is 30.3 Å². The Morgan fingerprint density at radius 2 is 1.45 bits per heavy atom. The van der Waals surface area contributed by atoms with Gasteiger partial charge in [0, 0.05) is 22.9 Å². The molecule has 0 unspecified atom stereocenters. The minimum atomic E-state index is -0.684. The summed E-state index contributed by atoms with van der Waals surface area (Å²) in [6.07, 6.45) is 0.398. The van der Waals surface area contributed by atoms with Crippen LogP contribution in [0.4, 0.5) is 14.5 Å². The number of hydrogen-bond acceptors (Lipinski definition) is 3. The molecule has 0 amide bonds. The minimum absolute atomic E-state index is 0.0379. The first-order valence-corrected chi connectivity index (χ1v) is 9.99. The molecule has 31 heavy (non-hydrogen) atoms. The van der Waals surface area contributed by atoms with Crippen molar-refractivity contribution in [1.29, 1.82) is 0 Å². The molecule has 0 heterocycles. The van der Waals surface area contributed by atoms with Gasteiger partial charge in [0.2, 0.25) is 0 Å². The molecule has 0 saturated carbocycles. The van der Waals surface area contributed by atoms with Crippen molar-refractivity contribution in [3.8, 4) is 0 Å². The monoisotopic (exact) mass is 417 g/mol. The third-order valence-electron chi connectivity index (χ3n) is 5.06. The number of fused-ring (bicyclic) bond motifs is 1. The molecule has 4 aromatic carbocycles. The van der Waals surface area contributed by atoms with E-state index in [4.69, 9.17) is 4.74 Å². The van der Waals surface area contributed by atoms with Crippen LogP contribution in [0.2, 0.25) is 0 Å². The van der Waals surface area contributed by atoms with E-state index in [2.05, 4.69) is 5.32 Å². The Balaban J connectivity index is 1.57. The first-order chi connectivity index (χ1) is 15.1. The molecule has 3 nitrogen and oxygen atoms in total. The molecule has 0 aromatic heterocycles. The van der Waals surface area contributed by atoms with E-state index >= 15 is 0 Å². The lowest BCUT2D eigenvalue weighted by atomic mass is 10.0. The zero-order valence-electron chi connectivity index (χ0n) is 16.7. The van der Waals surface area contributed by atoms with Crippen LogP contribution < -0.4 is 5.32 Å². The number of carbonyl (C=O) groups is 1. The Morgan fingerprint density at radius 1 is 0.774 bits per heavy atom. The average Bonchev–Trinajstić information content (AvgIpc) is 2.80. The van der Waals surface area contributed by atoms with E-state index in [0.29, 0.717) is 28.4 Å². The van der Waals surface area contributed by atoms with Gasteiger partial charge in [-0.3, -0.25) is 0 Å². The van der Waals surface area contributed by atoms with E-state index in [1.165, 1.54) is 18.2 Å². The van der Waals surface area contributed by atoms with Crippen LogP contribution in [-0.4, -0.2) is 12.0 Å². The highest BCUT2D eigenvalue weighted by Gasteiger charge is 2.22. The number of ether oxygens (including phenoxy) is 1. The predicted molar refractivity (Wildman–Crippen MR) is 118 cm³/mol. The molecule has 0 saturated heterocycles. The summed E-state index contributed by atoms with van der Waals surface area (Å²) in [6, 6.07) is 24.8. The first kappa shape index (κ1) is 20.5. The summed E-state index contributed by atoms with van der Waals surface area (Å²) >= 11 is 0.